The zero-order chi connectivity index (χ0) is 16.4. The predicted octanol–water partition coefficient (Wildman–Crippen LogP) is -0.350. The first-order valence-corrected chi connectivity index (χ1v) is 7.71. The third kappa shape index (κ3) is 2.88. The van der Waals surface area contributed by atoms with Crippen LogP contribution >= 0.6 is 0 Å². The third-order valence-corrected chi connectivity index (χ3v) is 3.97. The maximum atomic E-state index is 10.1. The number of hydrogen-bond donors (Lipinski definition) is 4. The number of unbranched alkanes of at least 4 members (excludes halogenated alkanes) is 1. The van der Waals surface area contributed by atoms with Gasteiger partial charge in [0.25, 0.3) is 0 Å². The van der Waals surface area contributed by atoms with Crippen LogP contribution in [0.4, 0.5) is 5.82 Å². The summed E-state index contributed by atoms with van der Waals surface area (Å²) in [5.41, 5.74) is 1.06. The molecule has 1 fully saturated rings. The van der Waals surface area contributed by atoms with Crippen molar-refractivity contribution in [3.8, 4) is 0 Å². The first-order chi connectivity index (χ1) is 11.2. The lowest BCUT2D eigenvalue weighted by Crippen LogP contribution is -2.33. The van der Waals surface area contributed by atoms with Gasteiger partial charge in [0.05, 0.1) is 12.9 Å². The molecule has 1 aliphatic heterocycles. The topological polar surface area (TPSA) is 126 Å². The van der Waals surface area contributed by atoms with E-state index in [9.17, 15) is 15.3 Å². The standard InChI is InChI=1S/C14H21N5O4/c1-2-3-4-15-12-9-13(17-6-16-12)19(7-18-9)14-11(22)10(21)8(5-20)23-14/h6-8,10-11,14,20-22H,2-5H2,1H3,(H,15,16,17)/t8-,10?,11?,14-/m1/s1. The third-order valence-electron chi connectivity index (χ3n) is 3.97. The molecule has 3 heterocycles. The molecule has 126 valence electrons. The zero-order valence-corrected chi connectivity index (χ0v) is 12.8. The van der Waals surface area contributed by atoms with Gasteiger partial charge in [0.15, 0.2) is 23.2 Å². The molecule has 0 amide bonds. The zero-order valence-electron chi connectivity index (χ0n) is 12.8. The fourth-order valence-corrected chi connectivity index (χ4v) is 2.66. The quantitative estimate of drug-likeness (QED) is 0.532. The van der Waals surface area contributed by atoms with Crippen molar-refractivity contribution < 1.29 is 20.1 Å². The van der Waals surface area contributed by atoms with Crippen molar-refractivity contribution in [1.29, 1.82) is 0 Å². The smallest absolute Gasteiger partial charge is 0.167 e. The summed E-state index contributed by atoms with van der Waals surface area (Å²) in [5.74, 6) is 0.619. The Labute approximate surface area is 133 Å². The van der Waals surface area contributed by atoms with Gasteiger partial charge in [-0.25, -0.2) is 15.0 Å². The summed E-state index contributed by atoms with van der Waals surface area (Å²) < 4.78 is 7.07. The Morgan fingerprint density at radius 1 is 1.26 bits per heavy atom. The van der Waals surface area contributed by atoms with Crippen LogP contribution < -0.4 is 5.32 Å². The van der Waals surface area contributed by atoms with E-state index in [4.69, 9.17) is 4.74 Å². The molecule has 9 heteroatoms. The SMILES string of the molecule is CCCCNc1ncnc2c1ncn2[C@@H]1O[C@H](CO)C(O)C1O. The van der Waals surface area contributed by atoms with Crippen LogP contribution in [0.3, 0.4) is 0 Å². The Morgan fingerprint density at radius 3 is 2.78 bits per heavy atom. The molecule has 3 rings (SSSR count). The Kier molecular flexibility index (Phi) is 4.71. The minimum absolute atomic E-state index is 0.375. The van der Waals surface area contributed by atoms with E-state index in [1.807, 2.05) is 0 Å². The molecule has 4 atom stereocenters. The molecule has 0 spiro atoms. The highest BCUT2D eigenvalue weighted by Crippen LogP contribution is 2.31. The van der Waals surface area contributed by atoms with Crippen LogP contribution in [0.25, 0.3) is 11.2 Å². The van der Waals surface area contributed by atoms with Crippen LogP contribution in [-0.4, -0.2) is 66.3 Å². The maximum Gasteiger partial charge on any atom is 0.167 e. The van der Waals surface area contributed by atoms with E-state index in [0.29, 0.717) is 17.0 Å². The van der Waals surface area contributed by atoms with E-state index in [1.54, 1.807) is 4.57 Å². The van der Waals surface area contributed by atoms with E-state index in [1.165, 1.54) is 12.7 Å². The average Bonchev–Trinajstić information content (AvgIpc) is 3.11. The van der Waals surface area contributed by atoms with Gasteiger partial charge >= 0.3 is 0 Å². The Hall–Kier alpha value is -1.81. The lowest BCUT2D eigenvalue weighted by molar-refractivity contribution is -0.0511. The summed E-state index contributed by atoms with van der Waals surface area (Å²) in [4.78, 5) is 12.7. The van der Waals surface area contributed by atoms with Gasteiger partial charge < -0.3 is 25.4 Å². The highest BCUT2D eigenvalue weighted by atomic mass is 16.6. The van der Waals surface area contributed by atoms with Gasteiger partial charge in [-0.1, -0.05) is 13.3 Å². The Bertz CT molecular complexity index is 664. The Morgan fingerprint density at radius 2 is 2.09 bits per heavy atom. The molecular weight excluding hydrogens is 302 g/mol. The normalized spacial score (nSPS) is 27.7. The number of fused-ring (bicyclic) bond motifs is 1. The van der Waals surface area contributed by atoms with Crippen molar-refractivity contribution in [2.45, 2.75) is 44.3 Å². The number of aromatic nitrogens is 4. The highest BCUT2D eigenvalue weighted by Gasteiger charge is 2.43. The molecule has 0 radical (unpaired) electrons. The van der Waals surface area contributed by atoms with Crippen molar-refractivity contribution >= 4 is 17.0 Å². The van der Waals surface area contributed by atoms with E-state index in [0.717, 1.165) is 19.4 Å². The van der Waals surface area contributed by atoms with Crippen molar-refractivity contribution in [2.24, 2.45) is 0 Å². The summed E-state index contributed by atoms with van der Waals surface area (Å²) in [5, 5.41) is 32.4. The lowest BCUT2D eigenvalue weighted by Gasteiger charge is -2.16. The molecule has 9 nitrogen and oxygen atoms in total. The van der Waals surface area contributed by atoms with Crippen LogP contribution in [-0.2, 0) is 4.74 Å². The van der Waals surface area contributed by atoms with Crippen molar-refractivity contribution in [3.63, 3.8) is 0 Å². The number of aliphatic hydroxyl groups excluding tert-OH is 3. The fourth-order valence-electron chi connectivity index (χ4n) is 2.66. The summed E-state index contributed by atoms with van der Waals surface area (Å²) in [6, 6.07) is 0. The number of aliphatic hydroxyl groups is 3. The highest BCUT2D eigenvalue weighted by molar-refractivity contribution is 5.82. The molecule has 2 unspecified atom stereocenters. The molecule has 4 N–H and O–H groups in total. The number of anilines is 1. The number of hydrogen-bond acceptors (Lipinski definition) is 8. The average molecular weight is 323 g/mol. The molecule has 0 aliphatic carbocycles. The second kappa shape index (κ2) is 6.75. The van der Waals surface area contributed by atoms with Crippen molar-refractivity contribution in [1.82, 2.24) is 19.5 Å². The second-order valence-electron chi connectivity index (χ2n) is 5.56. The minimum Gasteiger partial charge on any atom is -0.394 e. The predicted molar refractivity (Wildman–Crippen MR) is 81.7 cm³/mol. The second-order valence-corrected chi connectivity index (χ2v) is 5.56. The van der Waals surface area contributed by atoms with Gasteiger partial charge in [-0.2, -0.15) is 0 Å². The van der Waals surface area contributed by atoms with Crippen molar-refractivity contribution in [3.05, 3.63) is 12.7 Å². The van der Waals surface area contributed by atoms with Crippen LogP contribution in [0.5, 0.6) is 0 Å². The van der Waals surface area contributed by atoms with Gasteiger partial charge in [0.1, 0.15) is 24.6 Å². The molecule has 0 saturated carbocycles. The van der Waals surface area contributed by atoms with Gasteiger partial charge in [-0.3, -0.25) is 4.57 Å². The largest absolute Gasteiger partial charge is 0.394 e. The summed E-state index contributed by atoms with van der Waals surface area (Å²) in [7, 11) is 0. The van der Waals surface area contributed by atoms with Gasteiger partial charge in [-0.05, 0) is 6.42 Å². The molecule has 2 aromatic heterocycles. The number of imidazole rings is 1. The maximum absolute atomic E-state index is 10.1. The number of nitrogens with zero attached hydrogens (tertiary/aromatic N) is 4. The van der Waals surface area contributed by atoms with E-state index in [-0.39, 0.29) is 6.61 Å². The van der Waals surface area contributed by atoms with Gasteiger partial charge in [0, 0.05) is 6.54 Å². The number of nitrogens with one attached hydrogen (secondary N) is 1. The molecule has 0 aromatic carbocycles. The fraction of sp³-hybridized carbons (Fsp3) is 0.643. The van der Waals surface area contributed by atoms with E-state index >= 15 is 0 Å². The monoisotopic (exact) mass is 323 g/mol. The van der Waals surface area contributed by atoms with Crippen LogP contribution in [0.15, 0.2) is 12.7 Å². The van der Waals surface area contributed by atoms with Gasteiger partial charge in [-0.15, -0.1) is 0 Å². The Balaban J connectivity index is 1.90. The molecule has 1 saturated heterocycles. The minimum atomic E-state index is -1.17. The first kappa shape index (κ1) is 16.1. The molecule has 2 aromatic rings. The van der Waals surface area contributed by atoms with Gasteiger partial charge in [0.2, 0.25) is 0 Å². The summed E-state index contributed by atoms with van der Waals surface area (Å²) >= 11 is 0. The number of ether oxygens (including phenoxy) is 1. The lowest BCUT2D eigenvalue weighted by atomic mass is 10.1. The summed E-state index contributed by atoms with van der Waals surface area (Å²) in [6.45, 7) is 2.51. The first-order valence-electron chi connectivity index (χ1n) is 7.71. The van der Waals surface area contributed by atoms with Crippen LogP contribution in [0, 0.1) is 0 Å². The summed E-state index contributed by atoms with van der Waals surface area (Å²) in [6.07, 6.45) is 0.962. The van der Waals surface area contributed by atoms with Crippen LogP contribution in [0.1, 0.15) is 26.0 Å². The molecule has 23 heavy (non-hydrogen) atoms. The van der Waals surface area contributed by atoms with Crippen LogP contribution in [0.2, 0.25) is 0 Å². The van der Waals surface area contributed by atoms with E-state index < -0.39 is 24.5 Å². The molecule has 1 aliphatic rings. The van der Waals surface area contributed by atoms with E-state index in [2.05, 4.69) is 27.2 Å². The number of rotatable bonds is 6. The molecule has 0 bridgehead atoms. The van der Waals surface area contributed by atoms with Crippen molar-refractivity contribution in [2.75, 3.05) is 18.5 Å². The molecular formula is C14H21N5O4.